The van der Waals surface area contributed by atoms with E-state index < -0.39 is 74.2 Å². The third-order valence-corrected chi connectivity index (χ3v) is 12.7. The quantitative estimate of drug-likeness (QED) is 0.0534. The van der Waals surface area contributed by atoms with Gasteiger partial charge in [0.05, 0.1) is 20.3 Å². The number of nitrogens with zero attached hydrogens (tertiary/aromatic N) is 8. The fourth-order valence-corrected chi connectivity index (χ4v) is 8.65. The maximum absolute atomic E-state index is 11.4. The number of esters is 1. The summed E-state index contributed by atoms with van der Waals surface area (Å²) in [5.41, 5.74) is 23.9. The summed E-state index contributed by atoms with van der Waals surface area (Å²) in [5.74, 6) is 0.975. The molecule has 2 aliphatic rings. The van der Waals surface area contributed by atoms with Crippen molar-refractivity contribution in [3.8, 4) is 33.8 Å². The molecule has 1 amide bonds. The molecule has 2 saturated heterocycles. The maximum atomic E-state index is 11.4. The van der Waals surface area contributed by atoms with Crippen molar-refractivity contribution in [3.05, 3.63) is 121 Å². The van der Waals surface area contributed by atoms with E-state index in [1.165, 1.54) is 28.9 Å². The molecule has 2 fully saturated rings. The largest absolute Gasteiger partial charge is 0.484 e. The average Bonchev–Trinajstić information content (AvgIpc) is 4.18. The number of aliphatic hydroxyl groups is 6. The Balaban J connectivity index is 0.000000188. The van der Waals surface area contributed by atoms with E-state index in [0.29, 0.717) is 58.8 Å². The maximum Gasteiger partial charge on any atom is 0.343 e. The third-order valence-electron chi connectivity index (χ3n) is 12.7. The molecule has 2 aliphatic heterocycles. The van der Waals surface area contributed by atoms with Crippen molar-refractivity contribution in [2.24, 2.45) is 5.73 Å². The minimum atomic E-state index is -1.33. The highest BCUT2D eigenvalue weighted by Crippen LogP contribution is 2.37. The lowest BCUT2D eigenvalue weighted by Gasteiger charge is -2.19. The van der Waals surface area contributed by atoms with Crippen LogP contribution in [0.2, 0.25) is 0 Å². The Bertz CT molecular complexity index is 3350. The van der Waals surface area contributed by atoms with E-state index in [-0.39, 0.29) is 24.8 Å². The zero-order valence-electron chi connectivity index (χ0n) is 41.1. The molecular weight excluding hydrogens is 1000 g/mol. The smallest absolute Gasteiger partial charge is 0.343 e. The minimum Gasteiger partial charge on any atom is -0.484 e. The summed E-state index contributed by atoms with van der Waals surface area (Å²) in [6.07, 6.45) is -6.75. The molecule has 0 bridgehead atoms. The summed E-state index contributed by atoms with van der Waals surface area (Å²) < 4.78 is 29.9. The molecule has 14 N–H and O–H groups in total. The van der Waals surface area contributed by atoms with Gasteiger partial charge in [-0.1, -0.05) is 72.8 Å². The number of imidazole rings is 2. The lowest BCUT2D eigenvalue weighted by atomic mass is 10.0. The fourth-order valence-electron chi connectivity index (χ4n) is 8.65. The van der Waals surface area contributed by atoms with Gasteiger partial charge in [0.1, 0.15) is 60.8 Å². The number of carbonyl (C=O) groups is 2. The van der Waals surface area contributed by atoms with Crippen LogP contribution in [0.5, 0.6) is 11.5 Å². The standard InChI is InChI=1S/C26H28N6O7.C25H27N7O6/c1-37-19(34)12-38-17-4-2-3-16(9-17)15-7-5-14(6-8-15)10-28-26-31-20-23(27)29-13-30-24(20)32(26)25-22(36)21(35)18(11-33)39-25;26-18(34)11-37-16-3-1-2-15(8-16)14-6-4-13(5-7-14)9-28-25-31-19-22(27)29-12-30-23(19)32(25)24-21(36)20(35)17(10-33)38-24/h2-9,13,18,21-22,25,33,35-36H,10-12H2,1H3,(H,28,31)(H2,27,29,30);1-8,12,17,20-21,24,33,35-36H,9-11H2,(H2,26,34)(H,28,31)(H2,27,29,30)/t18-,21-,22-,25-;17-,20-,21-,24-/m11/s1. The molecule has 0 radical (unpaired) electrons. The number of primary amides is 1. The average molecular weight is 1060 g/mol. The van der Waals surface area contributed by atoms with Crippen LogP contribution in [0.15, 0.2) is 110 Å². The number of aromatic nitrogens is 8. The molecule has 0 saturated carbocycles. The van der Waals surface area contributed by atoms with Crippen LogP contribution in [0.4, 0.5) is 23.5 Å². The van der Waals surface area contributed by atoms with Gasteiger partial charge in [-0.3, -0.25) is 13.9 Å². The second kappa shape index (κ2) is 23.5. The van der Waals surface area contributed by atoms with Crippen LogP contribution in [0.1, 0.15) is 23.6 Å². The molecule has 26 nitrogen and oxygen atoms in total. The molecule has 402 valence electrons. The Morgan fingerprint density at radius 2 is 1.03 bits per heavy atom. The van der Waals surface area contributed by atoms with Crippen LogP contribution in [-0.2, 0) is 36.9 Å². The molecule has 0 unspecified atom stereocenters. The lowest BCUT2D eigenvalue weighted by molar-refractivity contribution is -0.142. The topological polar surface area (TPSA) is 391 Å². The van der Waals surface area contributed by atoms with Crippen LogP contribution in [0.25, 0.3) is 44.6 Å². The predicted molar refractivity (Wildman–Crippen MR) is 276 cm³/mol. The third kappa shape index (κ3) is 11.6. The number of carbonyl (C=O) groups excluding carboxylic acids is 2. The molecule has 10 rings (SSSR count). The Hall–Kier alpha value is -8.60. The molecule has 8 aromatic rings. The lowest BCUT2D eigenvalue weighted by Crippen LogP contribution is -2.33. The van der Waals surface area contributed by atoms with Crippen LogP contribution >= 0.6 is 0 Å². The number of aliphatic hydroxyl groups excluding tert-OH is 6. The summed E-state index contributed by atoms with van der Waals surface area (Å²) in [4.78, 5) is 47.8. The number of anilines is 4. The van der Waals surface area contributed by atoms with Crippen molar-refractivity contribution >= 4 is 57.7 Å². The fraction of sp³-hybridized carbons (Fsp3) is 0.294. The van der Waals surface area contributed by atoms with Gasteiger partial charge in [0.2, 0.25) is 11.9 Å². The van der Waals surface area contributed by atoms with E-state index in [1.54, 1.807) is 12.1 Å². The zero-order valence-corrected chi connectivity index (χ0v) is 41.1. The number of hydrogen-bond acceptors (Lipinski definition) is 23. The molecule has 26 heteroatoms. The number of ether oxygens (including phenoxy) is 5. The first kappa shape index (κ1) is 53.2. The SMILES string of the molecule is COC(=O)COc1cccc(-c2ccc(CNc3nc4c(N)ncnc4n3[C@@H]3O[C@H](CO)[C@@H](O)[C@H]3O)cc2)c1.NC(=O)COc1cccc(-c2ccc(CNc3nc4c(N)ncnc4n3[C@@H]3O[C@H](CO)[C@@H](O)[C@H]3O)cc2)c1. The number of nitrogens with one attached hydrogen (secondary N) is 2. The van der Waals surface area contributed by atoms with E-state index in [9.17, 15) is 40.2 Å². The number of hydrogen-bond donors (Lipinski definition) is 11. The van der Waals surface area contributed by atoms with Crippen molar-refractivity contribution in [3.63, 3.8) is 0 Å². The molecular formula is C51H55N13O13. The van der Waals surface area contributed by atoms with Crippen LogP contribution in [0.3, 0.4) is 0 Å². The van der Waals surface area contributed by atoms with E-state index >= 15 is 0 Å². The number of benzene rings is 4. The number of methoxy groups -OCH3 is 1. The van der Waals surface area contributed by atoms with Gasteiger partial charge in [-0.2, -0.15) is 0 Å². The van der Waals surface area contributed by atoms with E-state index in [4.69, 9.17) is 36.1 Å². The van der Waals surface area contributed by atoms with Gasteiger partial charge in [-0.25, -0.2) is 34.7 Å². The van der Waals surface area contributed by atoms with Gasteiger partial charge < -0.3 is 82.2 Å². The van der Waals surface area contributed by atoms with Gasteiger partial charge in [0, 0.05) is 13.1 Å². The summed E-state index contributed by atoms with van der Waals surface area (Å²) in [5, 5.41) is 67.3. The van der Waals surface area contributed by atoms with Gasteiger partial charge in [-0.05, 0) is 57.6 Å². The number of nitrogens with two attached hydrogens (primary N) is 3. The second-order valence-electron chi connectivity index (χ2n) is 17.7. The van der Waals surface area contributed by atoms with Gasteiger partial charge in [0.25, 0.3) is 5.91 Å². The zero-order chi connectivity index (χ0) is 54.3. The van der Waals surface area contributed by atoms with Gasteiger partial charge in [-0.15, -0.1) is 0 Å². The molecule has 8 atom stereocenters. The number of fused-ring (bicyclic) bond motifs is 2. The number of rotatable bonds is 18. The van der Waals surface area contributed by atoms with Crippen LogP contribution in [0, 0.1) is 0 Å². The van der Waals surface area contributed by atoms with Crippen LogP contribution in [-0.4, -0.2) is 152 Å². The Labute approximate surface area is 437 Å². The molecule has 0 spiro atoms. The first-order chi connectivity index (χ1) is 37.2. The van der Waals surface area contributed by atoms with Crippen molar-refractivity contribution in [2.75, 3.05) is 55.6 Å². The monoisotopic (exact) mass is 1060 g/mol. The van der Waals surface area contributed by atoms with Crippen molar-refractivity contribution < 1.29 is 63.9 Å². The molecule has 0 aliphatic carbocycles. The summed E-state index contributed by atoms with van der Waals surface area (Å²) >= 11 is 0. The number of amides is 1. The Morgan fingerprint density at radius 1 is 0.597 bits per heavy atom. The van der Waals surface area contributed by atoms with Crippen molar-refractivity contribution in [1.82, 2.24) is 39.0 Å². The first-order valence-electron chi connectivity index (χ1n) is 23.9. The predicted octanol–water partition coefficient (Wildman–Crippen LogP) is 1.01. The second-order valence-corrected chi connectivity index (χ2v) is 17.7. The Morgan fingerprint density at radius 3 is 1.42 bits per heavy atom. The minimum absolute atomic E-state index is 0.148. The van der Waals surface area contributed by atoms with E-state index in [1.807, 2.05) is 84.9 Å². The van der Waals surface area contributed by atoms with Crippen molar-refractivity contribution in [1.29, 1.82) is 0 Å². The van der Waals surface area contributed by atoms with E-state index in [0.717, 1.165) is 33.4 Å². The van der Waals surface area contributed by atoms with Gasteiger partial charge >= 0.3 is 5.97 Å². The number of nitrogen functional groups attached to an aromatic ring is 2. The van der Waals surface area contributed by atoms with E-state index in [2.05, 4.69) is 45.3 Å². The van der Waals surface area contributed by atoms with Gasteiger partial charge in [0.15, 0.2) is 59.6 Å². The molecule has 4 aromatic carbocycles. The molecule has 6 heterocycles. The highest BCUT2D eigenvalue weighted by Gasteiger charge is 2.46. The van der Waals surface area contributed by atoms with Crippen LogP contribution < -0.4 is 37.3 Å². The Kier molecular flexibility index (Phi) is 16.3. The highest BCUT2D eigenvalue weighted by atomic mass is 16.6. The molecule has 4 aromatic heterocycles. The summed E-state index contributed by atoms with van der Waals surface area (Å²) in [7, 11) is 1.31. The summed E-state index contributed by atoms with van der Waals surface area (Å²) in [6, 6.07) is 30.3. The highest BCUT2D eigenvalue weighted by molar-refractivity contribution is 5.85. The molecule has 77 heavy (non-hydrogen) atoms. The van der Waals surface area contributed by atoms with Crippen molar-refractivity contribution in [2.45, 2.75) is 62.2 Å². The first-order valence-corrected chi connectivity index (χ1v) is 23.9. The summed E-state index contributed by atoms with van der Waals surface area (Å²) in [6.45, 7) is -0.586. The normalized spacial score (nSPS) is 20.9.